The van der Waals surface area contributed by atoms with Crippen LogP contribution in [0.5, 0.6) is 11.5 Å². The summed E-state index contributed by atoms with van der Waals surface area (Å²) in [5, 5.41) is 3.07. The third-order valence-electron chi connectivity index (χ3n) is 6.89. The van der Waals surface area contributed by atoms with E-state index in [1.165, 1.54) is 0 Å². The van der Waals surface area contributed by atoms with Crippen LogP contribution in [0.2, 0.25) is 0 Å². The lowest BCUT2D eigenvalue weighted by Crippen LogP contribution is -2.26. The Hall–Kier alpha value is -4.06. The second kappa shape index (κ2) is 14.2. The lowest BCUT2D eigenvalue weighted by molar-refractivity contribution is -0.120. The van der Waals surface area contributed by atoms with Crippen LogP contribution in [-0.2, 0) is 30.6 Å². The van der Waals surface area contributed by atoms with Crippen molar-refractivity contribution < 1.29 is 14.3 Å². The molecule has 0 fully saturated rings. The molecular weight excluding hydrogens is 486 g/mol. The molecule has 204 valence electrons. The van der Waals surface area contributed by atoms with Gasteiger partial charge in [0.2, 0.25) is 5.91 Å². The summed E-state index contributed by atoms with van der Waals surface area (Å²) in [6, 6.07) is 22.3. The van der Waals surface area contributed by atoms with Gasteiger partial charge >= 0.3 is 0 Å². The summed E-state index contributed by atoms with van der Waals surface area (Å²) in [5.41, 5.74) is 5.53. The molecule has 4 rings (SSSR count). The molecule has 0 radical (unpaired) electrons. The first-order valence-corrected chi connectivity index (χ1v) is 13.7. The molecule has 1 aromatic heterocycles. The number of ether oxygens (including phenoxy) is 2. The van der Waals surface area contributed by atoms with Gasteiger partial charge in [0.05, 0.1) is 31.2 Å². The van der Waals surface area contributed by atoms with E-state index in [0.717, 1.165) is 83.7 Å². The maximum atomic E-state index is 12.4. The molecule has 0 saturated carbocycles. The Morgan fingerprint density at radius 2 is 1.85 bits per heavy atom. The number of aromatic nitrogens is 2. The van der Waals surface area contributed by atoms with Gasteiger partial charge in [0.1, 0.15) is 5.82 Å². The quantitative estimate of drug-likeness (QED) is 0.148. The van der Waals surface area contributed by atoms with Crippen molar-refractivity contribution in [1.29, 1.82) is 0 Å². The summed E-state index contributed by atoms with van der Waals surface area (Å²) in [7, 11) is 1.67. The highest BCUT2D eigenvalue weighted by Gasteiger charge is 2.11. The van der Waals surface area contributed by atoms with Crippen LogP contribution >= 0.6 is 0 Å². The van der Waals surface area contributed by atoms with E-state index in [4.69, 9.17) is 14.5 Å². The first-order valence-electron chi connectivity index (χ1n) is 13.7. The summed E-state index contributed by atoms with van der Waals surface area (Å²) in [6.07, 6.45) is 6.63. The van der Waals surface area contributed by atoms with Gasteiger partial charge in [-0.3, -0.25) is 4.79 Å². The number of nitrogens with zero attached hydrogens (tertiary/aromatic N) is 2. The van der Waals surface area contributed by atoms with Crippen LogP contribution in [0, 0.1) is 6.92 Å². The Balaban J connectivity index is 1.27. The van der Waals surface area contributed by atoms with Crippen molar-refractivity contribution in [2.45, 2.75) is 52.0 Å². The minimum Gasteiger partial charge on any atom is -0.493 e. The molecule has 1 N–H and O–H groups in total. The predicted octanol–water partition coefficient (Wildman–Crippen LogP) is 6.23. The zero-order chi connectivity index (χ0) is 27.5. The average Bonchev–Trinajstić information content (AvgIpc) is 3.30. The maximum Gasteiger partial charge on any atom is 0.224 e. The number of amides is 1. The Bertz CT molecular complexity index is 1390. The van der Waals surface area contributed by atoms with Gasteiger partial charge in [0.15, 0.2) is 11.5 Å². The Kier molecular flexibility index (Phi) is 10.2. The second-order valence-electron chi connectivity index (χ2n) is 9.76. The second-order valence-corrected chi connectivity index (χ2v) is 9.76. The summed E-state index contributed by atoms with van der Waals surface area (Å²) in [4.78, 5) is 17.3. The minimum absolute atomic E-state index is 0.0600. The molecule has 6 heteroatoms. The number of methoxy groups -OCH3 is 1. The number of hydrogen-bond donors (Lipinski definition) is 1. The van der Waals surface area contributed by atoms with Crippen molar-refractivity contribution in [3.8, 4) is 11.5 Å². The van der Waals surface area contributed by atoms with Gasteiger partial charge in [0, 0.05) is 19.5 Å². The SMILES string of the molecule is C=CCc1ccc(OCCCCn2c(CCCNC(=O)Cc3ccccc3C)nc3ccccc32)c(OC)c1. The normalized spacial score (nSPS) is 10.9. The highest BCUT2D eigenvalue weighted by molar-refractivity contribution is 5.79. The summed E-state index contributed by atoms with van der Waals surface area (Å²) in [5.74, 6) is 2.64. The number of fused-ring (bicyclic) bond motifs is 1. The van der Waals surface area contributed by atoms with Gasteiger partial charge in [-0.2, -0.15) is 0 Å². The standard InChI is InChI=1S/C33H39N3O3/c1-4-12-26-18-19-30(31(23-26)38-3)39-22-10-9-21-36-29-16-8-7-15-28(29)35-32(36)17-11-20-34-33(37)24-27-14-6-5-13-25(27)2/h4-8,13-16,18-19,23H,1,9-12,17,20-22,24H2,2-3H3,(H,34,37). The van der Waals surface area contributed by atoms with Crippen LogP contribution in [0.1, 0.15) is 41.8 Å². The van der Waals surface area contributed by atoms with E-state index >= 15 is 0 Å². The molecule has 1 amide bonds. The van der Waals surface area contributed by atoms with Crippen molar-refractivity contribution in [3.05, 3.63) is 102 Å². The number of unbranched alkanes of at least 4 members (excludes halogenated alkanes) is 1. The fourth-order valence-electron chi connectivity index (χ4n) is 4.76. The molecule has 0 atom stereocenters. The van der Waals surface area contributed by atoms with E-state index in [-0.39, 0.29) is 5.91 Å². The lowest BCUT2D eigenvalue weighted by Gasteiger charge is -2.13. The number of hydrogen-bond acceptors (Lipinski definition) is 4. The molecule has 3 aromatic carbocycles. The summed E-state index contributed by atoms with van der Waals surface area (Å²) >= 11 is 0. The first kappa shape index (κ1) is 28.0. The number of allylic oxidation sites excluding steroid dienone is 1. The number of aryl methyl sites for hydroxylation is 3. The van der Waals surface area contributed by atoms with Gasteiger partial charge < -0.3 is 19.4 Å². The maximum absolute atomic E-state index is 12.4. The fourth-order valence-corrected chi connectivity index (χ4v) is 4.76. The van der Waals surface area contributed by atoms with Crippen LogP contribution in [0.3, 0.4) is 0 Å². The van der Waals surface area contributed by atoms with E-state index in [2.05, 4.69) is 40.7 Å². The smallest absolute Gasteiger partial charge is 0.224 e. The number of benzene rings is 3. The van der Waals surface area contributed by atoms with Gasteiger partial charge in [-0.1, -0.05) is 48.5 Å². The molecule has 0 spiro atoms. The van der Waals surface area contributed by atoms with Gasteiger partial charge in [0.25, 0.3) is 0 Å². The summed E-state index contributed by atoms with van der Waals surface area (Å²) < 4.78 is 13.9. The number of para-hydroxylation sites is 2. The van der Waals surface area contributed by atoms with E-state index in [1.807, 2.05) is 55.5 Å². The topological polar surface area (TPSA) is 65.4 Å². The highest BCUT2D eigenvalue weighted by atomic mass is 16.5. The molecule has 0 unspecified atom stereocenters. The van der Waals surface area contributed by atoms with E-state index in [0.29, 0.717) is 19.6 Å². The molecule has 0 aliphatic carbocycles. The monoisotopic (exact) mass is 525 g/mol. The molecule has 1 heterocycles. The number of imidazole rings is 1. The molecule has 4 aromatic rings. The van der Waals surface area contributed by atoms with Gasteiger partial charge in [-0.15, -0.1) is 6.58 Å². The van der Waals surface area contributed by atoms with Crippen molar-refractivity contribution >= 4 is 16.9 Å². The predicted molar refractivity (Wildman–Crippen MR) is 158 cm³/mol. The largest absolute Gasteiger partial charge is 0.493 e. The first-order chi connectivity index (χ1) is 19.1. The van der Waals surface area contributed by atoms with E-state index in [9.17, 15) is 4.79 Å². The Morgan fingerprint density at radius 1 is 1.03 bits per heavy atom. The van der Waals surface area contributed by atoms with Crippen molar-refractivity contribution in [2.75, 3.05) is 20.3 Å². The number of rotatable bonds is 15. The zero-order valence-corrected chi connectivity index (χ0v) is 23.1. The molecule has 0 aliphatic rings. The Morgan fingerprint density at radius 3 is 2.67 bits per heavy atom. The van der Waals surface area contributed by atoms with E-state index < -0.39 is 0 Å². The van der Waals surface area contributed by atoms with Crippen LogP contribution in [0.4, 0.5) is 0 Å². The van der Waals surface area contributed by atoms with Crippen LogP contribution in [-0.4, -0.2) is 35.7 Å². The van der Waals surface area contributed by atoms with Crippen LogP contribution in [0.15, 0.2) is 79.4 Å². The van der Waals surface area contributed by atoms with E-state index in [1.54, 1.807) is 7.11 Å². The van der Waals surface area contributed by atoms with Crippen LogP contribution < -0.4 is 14.8 Å². The van der Waals surface area contributed by atoms with Gasteiger partial charge in [-0.25, -0.2) is 4.98 Å². The summed E-state index contributed by atoms with van der Waals surface area (Å²) in [6.45, 7) is 7.96. The lowest BCUT2D eigenvalue weighted by atomic mass is 10.1. The average molecular weight is 526 g/mol. The molecule has 0 bridgehead atoms. The fraction of sp³-hybridized carbons (Fsp3) is 0.333. The minimum atomic E-state index is 0.0600. The molecular formula is C33H39N3O3. The molecule has 39 heavy (non-hydrogen) atoms. The third-order valence-corrected chi connectivity index (χ3v) is 6.89. The van der Waals surface area contributed by atoms with Crippen molar-refractivity contribution in [1.82, 2.24) is 14.9 Å². The number of nitrogens with one attached hydrogen (secondary N) is 1. The Labute approximate surface area is 231 Å². The zero-order valence-electron chi connectivity index (χ0n) is 23.1. The van der Waals surface area contributed by atoms with Crippen molar-refractivity contribution in [3.63, 3.8) is 0 Å². The third kappa shape index (κ3) is 7.73. The highest BCUT2D eigenvalue weighted by Crippen LogP contribution is 2.28. The molecule has 0 aliphatic heterocycles. The van der Waals surface area contributed by atoms with Crippen LogP contribution in [0.25, 0.3) is 11.0 Å². The van der Waals surface area contributed by atoms with Crippen molar-refractivity contribution in [2.24, 2.45) is 0 Å². The molecule has 0 saturated heterocycles. The molecule has 6 nitrogen and oxygen atoms in total. The number of carbonyl (C=O) groups excluding carboxylic acids is 1. The number of carbonyl (C=O) groups is 1. The van der Waals surface area contributed by atoms with Gasteiger partial charge in [-0.05, 0) is 73.6 Å².